The van der Waals surface area contributed by atoms with Crippen molar-refractivity contribution in [2.45, 2.75) is 26.2 Å². The molecule has 0 saturated heterocycles. The highest BCUT2D eigenvalue weighted by atomic mass is 79.9. The quantitative estimate of drug-likeness (QED) is 0.617. The fourth-order valence-corrected chi connectivity index (χ4v) is 2.50. The third-order valence-corrected chi connectivity index (χ3v) is 2.86. The van der Waals surface area contributed by atoms with E-state index >= 15 is 0 Å². The van der Waals surface area contributed by atoms with E-state index in [1.165, 1.54) is 29.3 Å². The molecule has 11 heavy (non-hydrogen) atoms. The zero-order chi connectivity index (χ0) is 7.84. The largest absolute Gasteiger partial charge is 0.0508 e. The topological polar surface area (TPSA) is 0 Å². The number of aryl methyl sites for hydroxylation is 2. The van der Waals surface area contributed by atoms with Crippen molar-refractivity contribution in [1.29, 1.82) is 0 Å². The third-order valence-electron chi connectivity index (χ3n) is 2.40. The van der Waals surface area contributed by atoms with E-state index in [0.29, 0.717) is 0 Å². The van der Waals surface area contributed by atoms with E-state index in [-0.39, 0.29) is 0 Å². The summed E-state index contributed by atoms with van der Waals surface area (Å²) in [6, 6.07) is 4.47. The SMILES string of the molecule is Cc1cc(Br)cc2c1CCC2. The maximum Gasteiger partial charge on any atom is 0.0180 e. The Bertz CT molecular complexity index is 289. The molecule has 0 heterocycles. The Kier molecular flexibility index (Phi) is 1.76. The summed E-state index contributed by atoms with van der Waals surface area (Å²) in [6.45, 7) is 2.20. The summed E-state index contributed by atoms with van der Waals surface area (Å²) in [4.78, 5) is 0. The van der Waals surface area contributed by atoms with Gasteiger partial charge in [0.25, 0.3) is 0 Å². The lowest BCUT2D eigenvalue weighted by atomic mass is 10.1. The fraction of sp³-hybridized carbons (Fsp3) is 0.400. The Labute approximate surface area is 75.8 Å². The minimum Gasteiger partial charge on any atom is -0.0508 e. The Morgan fingerprint density at radius 1 is 1.27 bits per heavy atom. The number of hydrogen-bond donors (Lipinski definition) is 0. The average molecular weight is 211 g/mol. The molecule has 0 aliphatic heterocycles. The van der Waals surface area contributed by atoms with Crippen molar-refractivity contribution in [3.63, 3.8) is 0 Å². The molecule has 0 N–H and O–H groups in total. The van der Waals surface area contributed by atoms with Gasteiger partial charge in [0.2, 0.25) is 0 Å². The maximum atomic E-state index is 3.52. The first kappa shape index (κ1) is 7.35. The molecular formula is C10H11Br. The van der Waals surface area contributed by atoms with Crippen molar-refractivity contribution >= 4 is 15.9 Å². The highest BCUT2D eigenvalue weighted by Gasteiger charge is 2.12. The summed E-state index contributed by atoms with van der Waals surface area (Å²) in [5, 5.41) is 0. The first-order valence-corrected chi connectivity index (χ1v) is 4.84. The van der Waals surface area contributed by atoms with E-state index < -0.39 is 0 Å². The summed E-state index contributed by atoms with van der Waals surface area (Å²) >= 11 is 3.52. The summed E-state index contributed by atoms with van der Waals surface area (Å²) in [6.07, 6.45) is 3.90. The number of halogens is 1. The number of benzene rings is 1. The van der Waals surface area contributed by atoms with E-state index in [1.807, 2.05) is 0 Å². The zero-order valence-corrected chi connectivity index (χ0v) is 8.24. The Morgan fingerprint density at radius 3 is 2.91 bits per heavy atom. The molecule has 0 aromatic heterocycles. The van der Waals surface area contributed by atoms with Gasteiger partial charge in [0.15, 0.2) is 0 Å². The van der Waals surface area contributed by atoms with Gasteiger partial charge in [-0.2, -0.15) is 0 Å². The number of fused-ring (bicyclic) bond motifs is 1. The lowest BCUT2D eigenvalue weighted by molar-refractivity contribution is 0.909. The summed E-state index contributed by atoms with van der Waals surface area (Å²) in [7, 11) is 0. The van der Waals surface area contributed by atoms with Crippen LogP contribution < -0.4 is 0 Å². The van der Waals surface area contributed by atoms with Crippen molar-refractivity contribution in [3.8, 4) is 0 Å². The molecule has 0 nitrogen and oxygen atoms in total. The molecule has 58 valence electrons. The van der Waals surface area contributed by atoms with Crippen LogP contribution in [0.4, 0.5) is 0 Å². The average Bonchev–Trinajstić information content (AvgIpc) is 2.34. The van der Waals surface area contributed by atoms with Crippen LogP contribution in [0.25, 0.3) is 0 Å². The van der Waals surface area contributed by atoms with Crippen LogP contribution in [0.5, 0.6) is 0 Å². The van der Waals surface area contributed by atoms with Gasteiger partial charge in [0.05, 0.1) is 0 Å². The highest BCUT2D eigenvalue weighted by molar-refractivity contribution is 9.10. The predicted octanol–water partition coefficient (Wildman–Crippen LogP) is 3.25. The summed E-state index contributed by atoms with van der Waals surface area (Å²) in [5.41, 5.74) is 4.59. The molecule has 0 amide bonds. The van der Waals surface area contributed by atoms with Gasteiger partial charge in [-0.3, -0.25) is 0 Å². The molecule has 1 aromatic rings. The minimum atomic E-state index is 1.23. The Hall–Kier alpha value is -0.300. The highest BCUT2D eigenvalue weighted by Crippen LogP contribution is 2.28. The standard InChI is InChI=1S/C10H11Br/c1-7-5-9(11)6-8-3-2-4-10(7)8/h5-6H,2-4H2,1H3. The third kappa shape index (κ3) is 1.22. The zero-order valence-electron chi connectivity index (χ0n) is 6.65. The van der Waals surface area contributed by atoms with E-state index in [2.05, 4.69) is 35.0 Å². The van der Waals surface area contributed by atoms with Gasteiger partial charge in [0.1, 0.15) is 0 Å². The van der Waals surface area contributed by atoms with Crippen LogP contribution in [0.2, 0.25) is 0 Å². The van der Waals surface area contributed by atoms with Crippen LogP contribution in [0.3, 0.4) is 0 Å². The van der Waals surface area contributed by atoms with Crippen LogP contribution in [-0.2, 0) is 12.8 Å². The first-order valence-electron chi connectivity index (χ1n) is 4.05. The van der Waals surface area contributed by atoms with Crippen LogP contribution in [0.15, 0.2) is 16.6 Å². The predicted molar refractivity (Wildman–Crippen MR) is 50.9 cm³/mol. The van der Waals surface area contributed by atoms with Crippen LogP contribution in [-0.4, -0.2) is 0 Å². The Balaban J connectivity index is 2.60. The van der Waals surface area contributed by atoms with E-state index in [9.17, 15) is 0 Å². The molecular weight excluding hydrogens is 200 g/mol. The normalized spacial score (nSPS) is 15.1. The molecule has 1 aromatic carbocycles. The molecule has 0 saturated carbocycles. The van der Waals surface area contributed by atoms with Gasteiger partial charge in [0, 0.05) is 4.47 Å². The van der Waals surface area contributed by atoms with Gasteiger partial charge in [-0.1, -0.05) is 15.9 Å². The molecule has 0 spiro atoms. The molecule has 0 atom stereocenters. The fourth-order valence-electron chi connectivity index (χ4n) is 1.88. The monoisotopic (exact) mass is 210 g/mol. The summed E-state index contributed by atoms with van der Waals surface area (Å²) in [5.74, 6) is 0. The lowest BCUT2D eigenvalue weighted by Gasteiger charge is -2.03. The van der Waals surface area contributed by atoms with Gasteiger partial charge in [-0.25, -0.2) is 0 Å². The van der Waals surface area contributed by atoms with Crippen molar-refractivity contribution in [2.24, 2.45) is 0 Å². The minimum absolute atomic E-state index is 1.23. The number of rotatable bonds is 0. The Morgan fingerprint density at radius 2 is 2.09 bits per heavy atom. The summed E-state index contributed by atoms with van der Waals surface area (Å²) < 4.78 is 1.23. The van der Waals surface area contributed by atoms with Gasteiger partial charge in [-0.05, 0) is 55.0 Å². The second-order valence-corrected chi connectivity index (χ2v) is 4.13. The van der Waals surface area contributed by atoms with Crippen molar-refractivity contribution in [1.82, 2.24) is 0 Å². The van der Waals surface area contributed by atoms with E-state index in [1.54, 1.807) is 11.1 Å². The van der Waals surface area contributed by atoms with Gasteiger partial charge < -0.3 is 0 Å². The van der Waals surface area contributed by atoms with Gasteiger partial charge in [-0.15, -0.1) is 0 Å². The molecule has 0 unspecified atom stereocenters. The van der Waals surface area contributed by atoms with E-state index in [0.717, 1.165) is 0 Å². The molecule has 1 heteroatoms. The van der Waals surface area contributed by atoms with Crippen LogP contribution >= 0.6 is 15.9 Å². The van der Waals surface area contributed by atoms with Crippen LogP contribution in [0, 0.1) is 6.92 Å². The molecule has 0 radical (unpaired) electrons. The second-order valence-electron chi connectivity index (χ2n) is 3.21. The maximum absolute atomic E-state index is 3.52. The lowest BCUT2D eigenvalue weighted by Crippen LogP contribution is -1.86. The molecule has 0 bridgehead atoms. The molecule has 1 aliphatic rings. The van der Waals surface area contributed by atoms with E-state index in [4.69, 9.17) is 0 Å². The van der Waals surface area contributed by atoms with Gasteiger partial charge >= 0.3 is 0 Å². The first-order chi connectivity index (χ1) is 5.27. The smallest absolute Gasteiger partial charge is 0.0180 e. The van der Waals surface area contributed by atoms with Crippen molar-refractivity contribution in [3.05, 3.63) is 33.3 Å². The molecule has 2 rings (SSSR count). The van der Waals surface area contributed by atoms with Crippen LogP contribution in [0.1, 0.15) is 23.1 Å². The van der Waals surface area contributed by atoms with Crippen molar-refractivity contribution in [2.75, 3.05) is 0 Å². The molecule has 1 aliphatic carbocycles. The number of hydrogen-bond acceptors (Lipinski definition) is 0. The van der Waals surface area contributed by atoms with Crippen molar-refractivity contribution < 1.29 is 0 Å². The molecule has 0 fully saturated rings. The second kappa shape index (κ2) is 2.63.